The van der Waals surface area contributed by atoms with Crippen molar-refractivity contribution >= 4 is 0 Å². The summed E-state index contributed by atoms with van der Waals surface area (Å²) in [7, 11) is 1.65. The lowest BCUT2D eigenvalue weighted by molar-refractivity contribution is 0.277. The van der Waals surface area contributed by atoms with E-state index in [9.17, 15) is 4.79 Å². The van der Waals surface area contributed by atoms with Gasteiger partial charge in [-0.15, -0.1) is 0 Å². The van der Waals surface area contributed by atoms with Gasteiger partial charge in [-0.25, -0.2) is 0 Å². The maximum Gasteiger partial charge on any atom is 0.272 e. The van der Waals surface area contributed by atoms with Gasteiger partial charge in [0.2, 0.25) is 0 Å². The smallest absolute Gasteiger partial charge is 0.272 e. The summed E-state index contributed by atoms with van der Waals surface area (Å²) in [4.78, 5) is 11.4. The molecule has 0 unspecified atom stereocenters. The molecular formula is C9H16N2O2. The molecule has 0 amide bonds. The number of H-pyrrole nitrogens is 1. The average molecular weight is 184 g/mol. The highest BCUT2D eigenvalue weighted by Gasteiger charge is 2.22. The number of nitrogens with one attached hydrogen (secondary N) is 1. The van der Waals surface area contributed by atoms with Crippen molar-refractivity contribution in [1.82, 2.24) is 9.78 Å². The van der Waals surface area contributed by atoms with Crippen molar-refractivity contribution in [2.75, 3.05) is 0 Å². The third kappa shape index (κ3) is 1.67. The van der Waals surface area contributed by atoms with Gasteiger partial charge in [0.1, 0.15) is 0 Å². The van der Waals surface area contributed by atoms with Crippen molar-refractivity contribution in [3.05, 3.63) is 21.6 Å². The first-order chi connectivity index (χ1) is 5.88. The van der Waals surface area contributed by atoms with E-state index in [0.29, 0.717) is 5.56 Å². The maximum absolute atomic E-state index is 11.4. The Bertz CT molecular complexity index is 355. The molecule has 0 saturated heterocycles. The van der Waals surface area contributed by atoms with Gasteiger partial charge in [-0.1, -0.05) is 20.8 Å². The summed E-state index contributed by atoms with van der Waals surface area (Å²) in [6.07, 6.45) is 0. The van der Waals surface area contributed by atoms with Gasteiger partial charge in [0.15, 0.2) is 0 Å². The van der Waals surface area contributed by atoms with Crippen LogP contribution < -0.4 is 5.56 Å². The molecule has 1 aromatic rings. The van der Waals surface area contributed by atoms with Gasteiger partial charge in [0.05, 0.1) is 12.2 Å². The fourth-order valence-electron chi connectivity index (χ4n) is 1.36. The summed E-state index contributed by atoms with van der Waals surface area (Å²) >= 11 is 0. The topological polar surface area (TPSA) is 58.0 Å². The Morgan fingerprint density at radius 3 is 2.31 bits per heavy atom. The Balaban J connectivity index is 3.39. The number of aromatic nitrogens is 2. The molecule has 4 nitrogen and oxygen atoms in total. The molecule has 0 atom stereocenters. The standard InChI is InChI=1S/C9H16N2O2/c1-9(2,3)7-6(5-12)8(13)11(4)10-7/h10,12H,5H2,1-4H3. The second-order valence-corrected chi connectivity index (χ2v) is 4.24. The fraction of sp³-hybridized carbons (Fsp3) is 0.667. The van der Waals surface area contributed by atoms with Crippen molar-refractivity contribution in [2.24, 2.45) is 7.05 Å². The van der Waals surface area contributed by atoms with Gasteiger partial charge >= 0.3 is 0 Å². The van der Waals surface area contributed by atoms with Crippen LogP contribution in [0.15, 0.2) is 4.79 Å². The number of hydrogen-bond acceptors (Lipinski definition) is 2. The summed E-state index contributed by atoms with van der Waals surface area (Å²) in [5.74, 6) is 0. The lowest BCUT2D eigenvalue weighted by Crippen LogP contribution is -2.17. The number of nitrogens with zero attached hydrogens (tertiary/aromatic N) is 1. The van der Waals surface area contributed by atoms with Crippen LogP contribution in [-0.4, -0.2) is 14.9 Å². The quantitative estimate of drug-likeness (QED) is 0.668. The SMILES string of the molecule is Cn1[nH]c(C(C)(C)C)c(CO)c1=O. The first kappa shape index (κ1) is 10.1. The van der Waals surface area contributed by atoms with E-state index in [-0.39, 0.29) is 17.6 Å². The number of hydrogen-bond donors (Lipinski definition) is 2. The van der Waals surface area contributed by atoms with Crippen molar-refractivity contribution in [1.29, 1.82) is 0 Å². The van der Waals surface area contributed by atoms with Crippen LogP contribution in [0.4, 0.5) is 0 Å². The molecular weight excluding hydrogens is 168 g/mol. The third-order valence-corrected chi connectivity index (χ3v) is 2.05. The van der Waals surface area contributed by atoms with E-state index in [0.717, 1.165) is 5.69 Å². The molecule has 1 aromatic heterocycles. The molecule has 2 N–H and O–H groups in total. The normalized spacial score (nSPS) is 12.1. The lowest BCUT2D eigenvalue weighted by atomic mass is 9.90. The maximum atomic E-state index is 11.4. The molecule has 0 saturated carbocycles. The van der Waals surface area contributed by atoms with E-state index in [2.05, 4.69) is 5.10 Å². The fourth-order valence-corrected chi connectivity index (χ4v) is 1.36. The van der Waals surface area contributed by atoms with Gasteiger partial charge in [-0.3, -0.25) is 14.6 Å². The van der Waals surface area contributed by atoms with Gasteiger partial charge < -0.3 is 5.11 Å². The molecule has 0 aliphatic rings. The van der Waals surface area contributed by atoms with Gasteiger partial charge in [0, 0.05) is 18.2 Å². The zero-order chi connectivity index (χ0) is 10.2. The van der Waals surface area contributed by atoms with Crippen molar-refractivity contribution in [3.63, 3.8) is 0 Å². The Labute approximate surface area is 77.2 Å². The van der Waals surface area contributed by atoms with Crippen LogP contribution in [-0.2, 0) is 19.1 Å². The molecule has 4 heteroatoms. The van der Waals surface area contributed by atoms with Crippen LogP contribution >= 0.6 is 0 Å². The van der Waals surface area contributed by atoms with E-state index in [1.54, 1.807) is 7.05 Å². The minimum Gasteiger partial charge on any atom is -0.391 e. The van der Waals surface area contributed by atoms with E-state index in [4.69, 9.17) is 5.11 Å². The van der Waals surface area contributed by atoms with Crippen LogP contribution in [0, 0.1) is 0 Å². The van der Waals surface area contributed by atoms with E-state index < -0.39 is 0 Å². The molecule has 0 aliphatic heterocycles. The van der Waals surface area contributed by atoms with Gasteiger partial charge in [0.25, 0.3) is 5.56 Å². The second-order valence-electron chi connectivity index (χ2n) is 4.24. The number of aliphatic hydroxyl groups is 1. The van der Waals surface area contributed by atoms with Gasteiger partial charge in [-0.05, 0) is 0 Å². The molecule has 1 heterocycles. The molecule has 74 valence electrons. The van der Waals surface area contributed by atoms with Crippen LogP contribution in [0.25, 0.3) is 0 Å². The monoisotopic (exact) mass is 184 g/mol. The van der Waals surface area contributed by atoms with Crippen LogP contribution in [0.1, 0.15) is 32.0 Å². The summed E-state index contributed by atoms with van der Waals surface area (Å²) < 4.78 is 1.39. The molecule has 0 spiro atoms. The summed E-state index contributed by atoms with van der Waals surface area (Å²) in [6, 6.07) is 0. The predicted octanol–water partition coefficient (Wildman–Crippen LogP) is 0.503. The molecule has 0 radical (unpaired) electrons. The number of aryl methyl sites for hydroxylation is 1. The number of rotatable bonds is 1. The Hall–Kier alpha value is -1.03. The first-order valence-corrected chi connectivity index (χ1v) is 4.27. The molecule has 0 aliphatic carbocycles. The molecule has 0 aromatic carbocycles. The zero-order valence-electron chi connectivity index (χ0n) is 8.51. The lowest BCUT2D eigenvalue weighted by Gasteiger charge is -2.17. The molecule has 0 fully saturated rings. The van der Waals surface area contributed by atoms with E-state index in [1.807, 2.05) is 20.8 Å². The van der Waals surface area contributed by atoms with E-state index >= 15 is 0 Å². The summed E-state index contributed by atoms with van der Waals surface area (Å²) in [5, 5.41) is 12.0. The van der Waals surface area contributed by atoms with Crippen molar-refractivity contribution in [3.8, 4) is 0 Å². The average Bonchev–Trinajstić information content (AvgIpc) is 2.28. The summed E-state index contributed by atoms with van der Waals surface area (Å²) in [5.41, 5.74) is 0.989. The highest BCUT2D eigenvalue weighted by Crippen LogP contribution is 2.21. The Kier molecular flexibility index (Phi) is 2.34. The third-order valence-electron chi connectivity index (χ3n) is 2.05. The first-order valence-electron chi connectivity index (χ1n) is 4.27. The highest BCUT2D eigenvalue weighted by molar-refractivity contribution is 5.23. The van der Waals surface area contributed by atoms with Crippen molar-refractivity contribution < 1.29 is 5.11 Å². The van der Waals surface area contributed by atoms with E-state index in [1.165, 1.54) is 4.68 Å². The number of aromatic amines is 1. The highest BCUT2D eigenvalue weighted by atomic mass is 16.3. The minimum atomic E-state index is -0.206. The van der Waals surface area contributed by atoms with Crippen LogP contribution in [0.3, 0.4) is 0 Å². The zero-order valence-corrected chi connectivity index (χ0v) is 8.51. The molecule has 0 bridgehead atoms. The molecule has 1 rings (SSSR count). The van der Waals surface area contributed by atoms with Gasteiger partial charge in [-0.2, -0.15) is 0 Å². The Morgan fingerprint density at radius 1 is 1.46 bits per heavy atom. The number of aliphatic hydroxyl groups excluding tert-OH is 1. The second kappa shape index (κ2) is 3.03. The van der Waals surface area contributed by atoms with Crippen LogP contribution in [0.2, 0.25) is 0 Å². The predicted molar refractivity (Wildman–Crippen MR) is 50.7 cm³/mol. The largest absolute Gasteiger partial charge is 0.391 e. The minimum absolute atomic E-state index is 0.140. The van der Waals surface area contributed by atoms with Crippen LogP contribution in [0.5, 0.6) is 0 Å². The Morgan fingerprint density at radius 2 is 2.00 bits per heavy atom. The molecule has 13 heavy (non-hydrogen) atoms. The van der Waals surface area contributed by atoms with Crippen molar-refractivity contribution in [2.45, 2.75) is 32.8 Å². The summed E-state index contributed by atoms with van der Waals surface area (Å²) in [6.45, 7) is 5.79.